The van der Waals surface area contributed by atoms with E-state index in [1.807, 2.05) is 47.8 Å². The van der Waals surface area contributed by atoms with Gasteiger partial charge in [0.1, 0.15) is 12.6 Å². The molecule has 0 radical (unpaired) electrons. The summed E-state index contributed by atoms with van der Waals surface area (Å²) in [5.74, 6) is -2.09. The Balaban J connectivity index is 1.72. The number of thiophene rings is 1. The van der Waals surface area contributed by atoms with Crippen molar-refractivity contribution in [2.45, 2.75) is 30.2 Å². The molecule has 30 heavy (non-hydrogen) atoms. The van der Waals surface area contributed by atoms with Gasteiger partial charge in [-0.05, 0) is 29.9 Å². The Kier molecular flexibility index (Phi) is 7.89. The largest absolute Gasteiger partial charge is 0.480 e. The molecule has 1 aromatic carbocycles. The summed E-state index contributed by atoms with van der Waals surface area (Å²) in [4.78, 5) is 38.5. The van der Waals surface area contributed by atoms with Crippen molar-refractivity contribution in [3.8, 4) is 0 Å². The Labute approximate surface area is 183 Å². The maximum Gasteiger partial charge on any atom is 0.323 e. The molecule has 3 rings (SSSR count). The number of nitrogens with zero attached hydrogens (tertiary/aromatic N) is 1. The van der Waals surface area contributed by atoms with Crippen LogP contribution in [0.1, 0.15) is 22.1 Å². The maximum absolute atomic E-state index is 13.0. The molecule has 9 heteroatoms. The first-order valence-corrected chi connectivity index (χ1v) is 11.5. The molecule has 3 N–H and O–H groups in total. The van der Waals surface area contributed by atoms with Gasteiger partial charge in [-0.25, -0.2) is 0 Å². The average Bonchev–Trinajstić information content (AvgIpc) is 3.21. The molecule has 1 fully saturated rings. The molecule has 160 valence electrons. The zero-order valence-corrected chi connectivity index (χ0v) is 17.9. The summed E-state index contributed by atoms with van der Waals surface area (Å²) in [6.07, 6.45) is 0.899. The lowest BCUT2D eigenvalue weighted by Gasteiger charge is -2.26. The number of carboxylic acid groups (broad SMARTS) is 2. The molecule has 2 heterocycles. The molecule has 0 aliphatic carbocycles. The Bertz CT molecular complexity index is 860. The Morgan fingerprint density at radius 2 is 1.93 bits per heavy atom. The second-order valence-corrected chi connectivity index (χ2v) is 9.30. The third-order valence-corrected chi connectivity index (χ3v) is 7.38. The van der Waals surface area contributed by atoms with E-state index in [-0.39, 0.29) is 17.7 Å². The van der Waals surface area contributed by atoms with Gasteiger partial charge in [-0.2, -0.15) is 0 Å². The van der Waals surface area contributed by atoms with E-state index in [1.54, 1.807) is 23.1 Å². The molecule has 3 atom stereocenters. The predicted octanol–water partition coefficient (Wildman–Crippen LogP) is 2.49. The molecule has 1 unspecified atom stereocenters. The van der Waals surface area contributed by atoms with Gasteiger partial charge in [0.15, 0.2) is 0 Å². The van der Waals surface area contributed by atoms with Crippen LogP contribution in [0.5, 0.6) is 0 Å². The Hall–Kier alpha value is -2.36. The number of hydrogen-bond acceptors (Lipinski definition) is 6. The van der Waals surface area contributed by atoms with Crippen LogP contribution in [0.15, 0.2) is 47.8 Å². The highest BCUT2D eigenvalue weighted by Gasteiger charge is 2.35. The topological polar surface area (TPSA) is 107 Å². The third-order valence-electron chi connectivity index (χ3n) is 4.91. The minimum atomic E-state index is -1.09. The monoisotopic (exact) mass is 448 g/mol. The van der Waals surface area contributed by atoms with E-state index in [0.717, 1.165) is 10.4 Å². The van der Waals surface area contributed by atoms with Crippen LogP contribution in [0.3, 0.4) is 0 Å². The van der Waals surface area contributed by atoms with Crippen molar-refractivity contribution in [1.82, 2.24) is 10.2 Å². The summed E-state index contributed by atoms with van der Waals surface area (Å²) in [6.45, 7) is -0.114. The summed E-state index contributed by atoms with van der Waals surface area (Å²) in [7, 11) is 0. The molecule has 1 amide bonds. The van der Waals surface area contributed by atoms with E-state index < -0.39 is 30.6 Å². The summed E-state index contributed by atoms with van der Waals surface area (Å²) in [5, 5.41) is 23.8. The van der Waals surface area contributed by atoms with Gasteiger partial charge in [-0.1, -0.05) is 36.4 Å². The van der Waals surface area contributed by atoms with Crippen molar-refractivity contribution < 1.29 is 24.6 Å². The molecular formula is C21H24N2O5S2. The van der Waals surface area contributed by atoms with Crippen LogP contribution in [0, 0.1) is 0 Å². The molecule has 1 aromatic heterocycles. The maximum atomic E-state index is 13.0. The van der Waals surface area contributed by atoms with Crippen LogP contribution < -0.4 is 5.32 Å². The Morgan fingerprint density at radius 3 is 2.57 bits per heavy atom. The second kappa shape index (κ2) is 10.6. The van der Waals surface area contributed by atoms with Gasteiger partial charge in [0.25, 0.3) is 0 Å². The fraction of sp³-hybridized carbons (Fsp3) is 0.381. The number of hydrogen-bond donors (Lipinski definition) is 3. The number of aryl methyl sites for hydroxylation is 1. The number of amides is 1. The van der Waals surface area contributed by atoms with Gasteiger partial charge < -0.3 is 15.1 Å². The minimum absolute atomic E-state index is 0.0345. The lowest BCUT2D eigenvalue weighted by molar-refractivity contribution is -0.146. The molecule has 0 bridgehead atoms. The summed E-state index contributed by atoms with van der Waals surface area (Å²) >= 11 is 3.12. The summed E-state index contributed by atoms with van der Waals surface area (Å²) in [6, 6.07) is 11.8. The molecular weight excluding hydrogens is 424 g/mol. The fourth-order valence-corrected chi connectivity index (χ4v) is 5.66. The van der Waals surface area contributed by atoms with Gasteiger partial charge in [0.2, 0.25) is 5.91 Å². The van der Waals surface area contributed by atoms with Crippen molar-refractivity contribution in [3.63, 3.8) is 0 Å². The number of aliphatic carboxylic acids is 2. The van der Waals surface area contributed by atoms with E-state index in [4.69, 9.17) is 0 Å². The number of carboxylic acids is 2. The highest BCUT2D eigenvalue weighted by atomic mass is 32.2. The first-order valence-electron chi connectivity index (χ1n) is 9.62. The molecule has 1 aliphatic rings. The van der Waals surface area contributed by atoms with Crippen LogP contribution >= 0.6 is 23.1 Å². The third kappa shape index (κ3) is 6.07. The lowest BCUT2D eigenvalue weighted by Crippen LogP contribution is -2.53. The van der Waals surface area contributed by atoms with E-state index in [1.165, 1.54) is 4.90 Å². The van der Waals surface area contributed by atoms with Crippen LogP contribution in [0.4, 0.5) is 0 Å². The second-order valence-electron chi connectivity index (χ2n) is 7.08. The number of benzene rings is 1. The first-order chi connectivity index (χ1) is 14.4. The van der Waals surface area contributed by atoms with Gasteiger partial charge >= 0.3 is 11.9 Å². The van der Waals surface area contributed by atoms with E-state index in [9.17, 15) is 24.6 Å². The molecule has 1 aliphatic heterocycles. The number of thioether (sulfide) groups is 1. The van der Waals surface area contributed by atoms with Crippen molar-refractivity contribution >= 4 is 40.9 Å². The number of rotatable bonds is 9. The average molecular weight is 449 g/mol. The molecule has 0 saturated carbocycles. The number of carbonyl (C=O) groups is 3. The normalized spacial score (nSPS) is 20.5. The van der Waals surface area contributed by atoms with E-state index in [0.29, 0.717) is 18.6 Å². The summed E-state index contributed by atoms with van der Waals surface area (Å²) in [5.41, 5.74) is 1.03. The van der Waals surface area contributed by atoms with Crippen molar-refractivity contribution in [1.29, 1.82) is 0 Å². The van der Waals surface area contributed by atoms with Crippen LogP contribution in [0.2, 0.25) is 0 Å². The van der Waals surface area contributed by atoms with Crippen LogP contribution in [-0.2, 0) is 20.8 Å². The quantitative estimate of drug-likeness (QED) is 0.541. The number of carbonyl (C=O) groups excluding carboxylic acids is 1. The smallest absolute Gasteiger partial charge is 0.323 e. The number of nitrogens with one attached hydrogen (secondary N) is 1. The van der Waals surface area contributed by atoms with Gasteiger partial charge in [0, 0.05) is 17.2 Å². The Morgan fingerprint density at radius 1 is 1.17 bits per heavy atom. The highest BCUT2D eigenvalue weighted by Crippen LogP contribution is 2.35. The van der Waals surface area contributed by atoms with E-state index in [2.05, 4.69) is 5.32 Å². The minimum Gasteiger partial charge on any atom is -0.480 e. The standard InChI is InChI=1S/C21H24N2O5S2/c24-19(25)12-23-11-18(17-7-4-10-29-17)30-13-16(20(23)26)22-15(21(27)28)9-8-14-5-2-1-3-6-14/h1-7,10,15-16,18,22H,8-9,11-13H2,(H,24,25)(H,27,28)/t15-,16-,18?/m0/s1. The SMILES string of the molecule is O=C(O)CN1CC(c2cccs2)SC[C@H](N[C@@H](CCc2ccccc2)C(=O)O)C1=O. The molecule has 2 aromatic rings. The zero-order valence-electron chi connectivity index (χ0n) is 16.3. The first kappa shape index (κ1) is 22.3. The zero-order chi connectivity index (χ0) is 21.5. The van der Waals surface area contributed by atoms with E-state index >= 15 is 0 Å². The molecule has 7 nitrogen and oxygen atoms in total. The van der Waals surface area contributed by atoms with Gasteiger partial charge in [0.05, 0.1) is 11.3 Å². The van der Waals surface area contributed by atoms with Gasteiger partial charge in [-0.3, -0.25) is 19.7 Å². The summed E-state index contributed by atoms with van der Waals surface area (Å²) < 4.78 is 0. The highest BCUT2D eigenvalue weighted by molar-refractivity contribution is 7.99. The van der Waals surface area contributed by atoms with Crippen LogP contribution in [-0.4, -0.2) is 63.9 Å². The van der Waals surface area contributed by atoms with Gasteiger partial charge in [-0.15, -0.1) is 23.1 Å². The fourth-order valence-electron chi connectivity index (χ4n) is 3.40. The molecule has 0 spiro atoms. The lowest BCUT2D eigenvalue weighted by atomic mass is 10.0. The molecule has 1 saturated heterocycles. The van der Waals surface area contributed by atoms with Crippen molar-refractivity contribution in [2.24, 2.45) is 0 Å². The predicted molar refractivity (Wildman–Crippen MR) is 117 cm³/mol. The van der Waals surface area contributed by atoms with Crippen molar-refractivity contribution in [2.75, 3.05) is 18.8 Å². The van der Waals surface area contributed by atoms with Crippen LogP contribution in [0.25, 0.3) is 0 Å². The van der Waals surface area contributed by atoms with Crippen molar-refractivity contribution in [3.05, 3.63) is 58.3 Å².